The molecule has 0 aliphatic rings. The van der Waals surface area contributed by atoms with Gasteiger partial charge in [0.15, 0.2) is 0 Å². The molecule has 97 valence electrons. The monoisotopic (exact) mass is 287 g/mol. The van der Waals surface area contributed by atoms with E-state index in [0.29, 0.717) is 0 Å². The Morgan fingerprint density at radius 1 is 0.765 bits per heavy atom. The first-order valence-corrected chi connectivity index (χ1v) is 3.13. The Morgan fingerprint density at radius 2 is 1.06 bits per heavy atom. The zero-order valence-electron chi connectivity index (χ0n) is 7.76. The molecule has 0 atom stereocenters. The second-order valence-corrected chi connectivity index (χ2v) is 2.53. The Balaban J connectivity index is 0. The second kappa shape index (κ2) is 4.84. The van der Waals surface area contributed by atoms with Crippen LogP contribution in [0, 0.1) is 0 Å². The van der Waals surface area contributed by atoms with Crippen LogP contribution in [0.2, 0.25) is 0 Å². The van der Waals surface area contributed by atoms with Gasteiger partial charge in [-0.1, -0.05) is 0 Å². The molecule has 0 saturated carbocycles. The minimum absolute atomic E-state index is 0. The van der Waals surface area contributed by atoms with Gasteiger partial charge in [0.25, 0.3) is 0 Å². The van der Waals surface area contributed by atoms with E-state index in [4.69, 9.17) is 5.11 Å². The molecule has 1 radical (unpaired) electrons. The van der Waals surface area contributed by atoms with Crippen molar-refractivity contribution in [2.24, 2.45) is 0 Å². The summed E-state index contributed by atoms with van der Waals surface area (Å²) in [5, 5.41) is 7.48. The Morgan fingerprint density at radius 3 is 1.24 bits per heavy atom. The minimum atomic E-state index is -7.16. The van der Waals surface area contributed by atoms with Crippen LogP contribution in [-0.2, 0) is 4.79 Å². The van der Waals surface area contributed by atoms with Crippen molar-refractivity contribution in [2.45, 2.75) is 23.9 Å². The molecular weight excluding hydrogens is 286 g/mol. The summed E-state index contributed by atoms with van der Waals surface area (Å²) in [6.07, 6.45) is -7.00. The molecule has 0 aromatic rings. The summed E-state index contributed by atoms with van der Waals surface area (Å²) in [4.78, 5) is 9.51. The Kier molecular flexibility index (Phi) is 5.47. The number of halogens is 9. The SMILES string of the molecule is O=C(O)C(F)(F)C(F)(F)C(F)(F)C(F)(F)F.[Na]. The zero-order valence-corrected chi connectivity index (χ0v) is 9.76. The summed E-state index contributed by atoms with van der Waals surface area (Å²) in [6, 6.07) is 0. The van der Waals surface area contributed by atoms with Gasteiger partial charge in [-0.05, 0) is 0 Å². The van der Waals surface area contributed by atoms with Gasteiger partial charge >= 0.3 is 29.9 Å². The molecule has 1 N–H and O–H groups in total. The van der Waals surface area contributed by atoms with E-state index in [9.17, 15) is 44.3 Å². The third-order valence-corrected chi connectivity index (χ3v) is 1.41. The van der Waals surface area contributed by atoms with Crippen molar-refractivity contribution in [3.05, 3.63) is 0 Å². The average molecular weight is 287 g/mol. The molecule has 0 heterocycles. The van der Waals surface area contributed by atoms with Gasteiger partial charge in [-0.25, -0.2) is 4.79 Å². The molecule has 0 aromatic heterocycles. The maximum absolute atomic E-state index is 12.1. The van der Waals surface area contributed by atoms with E-state index in [2.05, 4.69) is 0 Å². The third kappa shape index (κ3) is 2.81. The summed E-state index contributed by atoms with van der Waals surface area (Å²) < 4.78 is 106. The smallest absolute Gasteiger partial charge is 0.460 e. The van der Waals surface area contributed by atoms with Crippen LogP contribution < -0.4 is 0 Å². The summed E-state index contributed by atoms with van der Waals surface area (Å²) >= 11 is 0. The van der Waals surface area contributed by atoms with Crippen molar-refractivity contribution in [1.29, 1.82) is 0 Å². The van der Waals surface area contributed by atoms with Gasteiger partial charge in [0.2, 0.25) is 0 Å². The molecule has 0 aliphatic heterocycles. The topological polar surface area (TPSA) is 37.3 Å². The van der Waals surface area contributed by atoms with Crippen molar-refractivity contribution in [2.75, 3.05) is 0 Å². The summed E-state index contributed by atoms with van der Waals surface area (Å²) in [5.41, 5.74) is 0. The van der Waals surface area contributed by atoms with Crippen LogP contribution in [0.3, 0.4) is 0 Å². The molecule has 0 aliphatic carbocycles. The van der Waals surface area contributed by atoms with Crippen LogP contribution in [-0.4, -0.2) is 64.6 Å². The van der Waals surface area contributed by atoms with E-state index >= 15 is 0 Å². The van der Waals surface area contributed by atoms with Crippen LogP contribution in [0.1, 0.15) is 0 Å². The fourth-order valence-corrected chi connectivity index (χ4v) is 0.509. The van der Waals surface area contributed by atoms with Gasteiger partial charge in [0.1, 0.15) is 0 Å². The van der Waals surface area contributed by atoms with Crippen molar-refractivity contribution < 1.29 is 49.4 Å². The second-order valence-electron chi connectivity index (χ2n) is 2.53. The minimum Gasteiger partial charge on any atom is -0.477 e. The number of rotatable bonds is 3. The summed E-state index contributed by atoms with van der Waals surface area (Å²) in [5.74, 6) is -24.6. The molecule has 0 amide bonds. The van der Waals surface area contributed by atoms with Crippen LogP contribution in [0.25, 0.3) is 0 Å². The van der Waals surface area contributed by atoms with E-state index in [1.54, 1.807) is 0 Å². The number of carboxylic acid groups (broad SMARTS) is 1. The largest absolute Gasteiger partial charge is 0.477 e. The summed E-state index contributed by atoms with van der Waals surface area (Å²) in [6.45, 7) is 0. The van der Waals surface area contributed by atoms with Gasteiger partial charge in [-0.2, -0.15) is 39.5 Å². The average Bonchev–Trinajstić information content (AvgIpc) is 2.00. The van der Waals surface area contributed by atoms with Crippen molar-refractivity contribution >= 4 is 35.5 Å². The van der Waals surface area contributed by atoms with E-state index in [-0.39, 0.29) is 29.6 Å². The molecular formula is C5HF9NaO2. The molecule has 0 aromatic carbocycles. The number of aliphatic carboxylic acids is 1. The maximum atomic E-state index is 12.1. The van der Waals surface area contributed by atoms with Gasteiger partial charge in [0, 0.05) is 29.6 Å². The van der Waals surface area contributed by atoms with E-state index in [0.717, 1.165) is 0 Å². The predicted molar refractivity (Wildman–Crippen MR) is 34.3 cm³/mol. The standard InChI is InChI=1S/C5HF9O2.Na/c6-2(7,1(15)16)3(8,9)4(10,11)5(12,13)14;/h(H,15,16);. The normalized spacial score (nSPS) is 14.2. The summed E-state index contributed by atoms with van der Waals surface area (Å²) in [7, 11) is 0. The van der Waals surface area contributed by atoms with Gasteiger partial charge in [-0.3, -0.25) is 0 Å². The Hall–Kier alpha value is -0.160. The Labute approximate surface area is 109 Å². The van der Waals surface area contributed by atoms with E-state index in [1.165, 1.54) is 0 Å². The molecule has 0 fully saturated rings. The first kappa shape index (κ1) is 19.2. The number of alkyl halides is 9. The molecule has 17 heavy (non-hydrogen) atoms. The quantitative estimate of drug-likeness (QED) is 0.638. The van der Waals surface area contributed by atoms with Crippen molar-refractivity contribution in [3.63, 3.8) is 0 Å². The van der Waals surface area contributed by atoms with E-state index < -0.39 is 29.9 Å². The predicted octanol–water partition coefficient (Wildman–Crippen LogP) is 2.16. The van der Waals surface area contributed by atoms with Crippen molar-refractivity contribution in [1.82, 2.24) is 0 Å². The number of hydrogen-bond donors (Lipinski definition) is 1. The van der Waals surface area contributed by atoms with Gasteiger partial charge in [0.05, 0.1) is 0 Å². The molecule has 0 bridgehead atoms. The molecule has 2 nitrogen and oxygen atoms in total. The Bertz CT molecular complexity index is 296. The first-order valence-electron chi connectivity index (χ1n) is 3.13. The fourth-order valence-electron chi connectivity index (χ4n) is 0.509. The maximum Gasteiger partial charge on any atom is 0.460 e. The molecule has 0 spiro atoms. The van der Waals surface area contributed by atoms with Crippen LogP contribution in [0.5, 0.6) is 0 Å². The number of carboxylic acids is 1. The molecule has 12 heteroatoms. The number of carbonyl (C=O) groups is 1. The van der Waals surface area contributed by atoms with Crippen LogP contribution >= 0.6 is 0 Å². The number of hydrogen-bond acceptors (Lipinski definition) is 1. The first-order chi connectivity index (χ1) is 6.69. The molecule has 0 saturated heterocycles. The van der Waals surface area contributed by atoms with E-state index in [1.807, 2.05) is 0 Å². The fraction of sp³-hybridized carbons (Fsp3) is 0.800. The third-order valence-electron chi connectivity index (χ3n) is 1.41. The van der Waals surface area contributed by atoms with Gasteiger partial charge in [-0.15, -0.1) is 0 Å². The molecule has 0 unspecified atom stereocenters. The molecule has 0 rings (SSSR count). The van der Waals surface area contributed by atoms with Crippen LogP contribution in [0.4, 0.5) is 39.5 Å². The van der Waals surface area contributed by atoms with Crippen molar-refractivity contribution in [3.8, 4) is 0 Å². The zero-order chi connectivity index (χ0) is 13.6. The van der Waals surface area contributed by atoms with Gasteiger partial charge < -0.3 is 5.11 Å². The van der Waals surface area contributed by atoms with Crippen LogP contribution in [0.15, 0.2) is 0 Å².